The minimum atomic E-state index is -3.51. The molecule has 2 unspecified atom stereocenters. The van der Waals surface area contributed by atoms with Gasteiger partial charge < -0.3 is 9.84 Å². The first-order chi connectivity index (χ1) is 10.1. The van der Waals surface area contributed by atoms with Crippen LogP contribution in [-0.2, 0) is 21.4 Å². The number of aliphatic hydroxyl groups is 1. The van der Waals surface area contributed by atoms with Crippen LogP contribution >= 0.6 is 11.3 Å². The molecule has 6 nitrogen and oxygen atoms in total. The summed E-state index contributed by atoms with van der Waals surface area (Å²) in [6.45, 7) is 2.72. The van der Waals surface area contributed by atoms with Crippen molar-refractivity contribution < 1.29 is 18.3 Å². The molecule has 21 heavy (non-hydrogen) atoms. The van der Waals surface area contributed by atoms with Crippen molar-refractivity contribution >= 4 is 21.4 Å². The van der Waals surface area contributed by atoms with Crippen molar-refractivity contribution in [3.63, 3.8) is 0 Å². The van der Waals surface area contributed by atoms with Gasteiger partial charge in [-0.3, -0.25) is 4.90 Å². The van der Waals surface area contributed by atoms with Crippen molar-refractivity contribution in [2.45, 2.75) is 35.8 Å². The van der Waals surface area contributed by atoms with Gasteiger partial charge in [-0.1, -0.05) is 0 Å². The number of hydrogen-bond acceptors (Lipinski definition) is 6. The summed E-state index contributed by atoms with van der Waals surface area (Å²) in [4.78, 5) is 3.03. The fraction of sp³-hybridized carbons (Fsp3) is 0.692. The van der Waals surface area contributed by atoms with E-state index in [1.807, 2.05) is 0 Å². The third-order valence-corrected chi connectivity index (χ3v) is 7.01. The van der Waals surface area contributed by atoms with Crippen molar-refractivity contribution in [2.24, 2.45) is 0 Å². The lowest BCUT2D eigenvalue weighted by Crippen LogP contribution is -2.49. The highest BCUT2D eigenvalue weighted by molar-refractivity contribution is 7.91. The van der Waals surface area contributed by atoms with Crippen molar-refractivity contribution in [3.8, 4) is 0 Å². The van der Waals surface area contributed by atoms with Crippen molar-refractivity contribution in [2.75, 3.05) is 26.2 Å². The van der Waals surface area contributed by atoms with Crippen LogP contribution in [0.4, 0.5) is 0 Å². The van der Waals surface area contributed by atoms with Gasteiger partial charge in [0.2, 0.25) is 10.0 Å². The normalized spacial score (nSPS) is 26.9. The summed E-state index contributed by atoms with van der Waals surface area (Å²) in [5, 5.41) is 9.01. The lowest BCUT2D eigenvalue weighted by Gasteiger charge is -2.35. The zero-order chi connectivity index (χ0) is 14.9. The van der Waals surface area contributed by atoms with Gasteiger partial charge in [-0.2, -0.15) is 0 Å². The Balaban J connectivity index is 1.56. The average Bonchev–Trinajstić information content (AvgIpc) is 3.13. The Bertz CT molecular complexity index is 587. The van der Waals surface area contributed by atoms with E-state index in [0.717, 1.165) is 24.4 Å². The largest absolute Gasteiger partial charge is 0.391 e. The molecule has 0 amide bonds. The Labute approximate surface area is 128 Å². The quantitative estimate of drug-likeness (QED) is 0.815. The number of rotatable bonds is 5. The molecule has 2 aliphatic rings. The molecule has 0 radical (unpaired) electrons. The van der Waals surface area contributed by atoms with Gasteiger partial charge in [0.15, 0.2) is 0 Å². The highest BCUT2D eigenvalue weighted by Gasteiger charge is 2.32. The number of sulfonamides is 1. The van der Waals surface area contributed by atoms with E-state index in [1.165, 1.54) is 18.9 Å². The molecule has 118 valence electrons. The topological polar surface area (TPSA) is 78.9 Å². The highest BCUT2D eigenvalue weighted by atomic mass is 32.2. The molecule has 2 atom stereocenters. The van der Waals surface area contributed by atoms with Crippen LogP contribution in [0.1, 0.15) is 17.7 Å². The van der Waals surface area contributed by atoms with E-state index in [1.54, 1.807) is 6.07 Å². The molecule has 0 spiro atoms. The van der Waals surface area contributed by atoms with Crippen LogP contribution in [0.5, 0.6) is 0 Å². The number of morpholine rings is 1. The summed E-state index contributed by atoms with van der Waals surface area (Å²) in [6, 6.07) is 3.67. The van der Waals surface area contributed by atoms with Crippen LogP contribution in [0.15, 0.2) is 16.3 Å². The summed E-state index contributed by atoms with van der Waals surface area (Å²) in [5.74, 6) is 0. The van der Waals surface area contributed by atoms with Crippen LogP contribution in [0.2, 0.25) is 0 Å². The van der Waals surface area contributed by atoms with E-state index in [4.69, 9.17) is 9.84 Å². The Morgan fingerprint density at radius 3 is 3.10 bits per heavy atom. The van der Waals surface area contributed by atoms with Crippen LogP contribution in [0, 0.1) is 0 Å². The maximum absolute atomic E-state index is 12.2. The molecule has 0 aliphatic carbocycles. The molecule has 2 fully saturated rings. The smallest absolute Gasteiger partial charge is 0.250 e. The number of aliphatic hydroxyl groups excluding tert-OH is 1. The summed E-state index contributed by atoms with van der Waals surface area (Å²) in [5.41, 5.74) is 0. The van der Waals surface area contributed by atoms with Crippen LogP contribution in [0.3, 0.4) is 0 Å². The molecule has 1 aromatic heterocycles. The molecule has 0 aromatic carbocycles. The predicted molar refractivity (Wildman–Crippen MR) is 79.8 cm³/mol. The van der Waals surface area contributed by atoms with Crippen molar-refractivity contribution in [1.29, 1.82) is 0 Å². The van der Waals surface area contributed by atoms with E-state index in [-0.39, 0.29) is 23.5 Å². The van der Waals surface area contributed by atoms with Crippen LogP contribution < -0.4 is 4.72 Å². The molecule has 3 rings (SSSR count). The van der Waals surface area contributed by atoms with Gasteiger partial charge >= 0.3 is 0 Å². The van der Waals surface area contributed by atoms with Crippen molar-refractivity contribution in [1.82, 2.24) is 9.62 Å². The van der Waals surface area contributed by atoms with Gasteiger partial charge in [0.05, 0.1) is 19.3 Å². The lowest BCUT2D eigenvalue weighted by molar-refractivity contribution is -0.0448. The fourth-order valence-electron chi connectivity index (χ4n) is 2.87. The van der Waals surface area contributed by atoms with Gasteiger partial charge in [-0.15, -0.1) is 11.3 Å². The third kappa shape index (κ3) is 3.46. The first-order valence-electron chi connectivity index (χ1n) is 7.13. The number of hydrogen-bond donors (Lipinski definition) is 2. The maximum Gasteiger partial charge on any atom is 0.250 e. The maximum atomic E-state index is 12.2. The minimum absolute atomic E-state index is 0.0913. The molecule has 2 N–H and O–H groups in total. The summed E-state index contributed by atoms with van der Waals surface area (Å²) in [6.07, 6.45) is 2.29. The first kappa shape index (κ1) is 15.4. The number of nitrogens with one attached hydrogen (secondary N) is 1. The average molecular weight is 332 g/mol. The predicted octanol–water partition coefficient (Wildman–Crippen LogP) is 0.382. The summed E-state index contributed by atoms with van der Waals surface area (Å²) < 4.78 is 33.0. The molecule has 0 saturated carbocycles. The number of ether oxygens (including phenoxy) is 1. The first-order valence-corrected chi connectivity index (χ1v) is 9.43. The molecule has 2 saturated heterocycles. The Hall–Kier alpha value is -0.510. The van der Waals surface area contributed by atoms with Crippen LogP contribution in [0.25, 0.3) is 0 Å². The van der Waals surface area contributed by atoms with Gasteiger partial charge in [-0.05, 0) is 31.5 Å². The number of nitrogens with zero attached hydrogens (tertiary/aromatic N) is 1. The highest BCUT2D eigenvalue weighted by Crippen LogP contribution is 2.24. The van der Waals surface area contributed by atoms with Crippen molar-refractivity contribution in [3.05, 3.63) is 17.0 Å². The van der Waals surface area contributed by atoms with Crippen LogP contribution in [-0.4, -0.2) is 56.8 Å². The second-order valence-electron chi connectivity index (χ2n) is 5.48. The minimum Gasteiger partial charge on any atom is -0.391 e. The van der Waals surface area contributed by atoms with E-state index < -0.39 is 10.0 Å². The molecule has 8 heteroatoms. The van der Waals surface area contributed by atoms with E-state index in [9.17, 15) is 8.42 Å². The van der Waals surface area contributed by atoms with Gasteiger partial charge in [0, 0.05) is 24.0 Å². The van der Waals surface area contributed by atoms with E-state index in [2.05, 4.69) is 9.62 Å². The summed E-state index contributed by atoms with van der Waals surface area (Å²) in [7, 11) is -3.51. The van der Waals surface area contributed by atoms with Gasteiger partial charge in [0.1, 0.15) is 4.21 Å². The molecular formula is C13H20N2O4S2. The molecule has 3 heterocycles. The zero-order valence-corrected chi connectivity index (χ0v) is 13.3. The SMILES string of the molecule is O=S(=O)(NCC1CN2CCCC2CO1)c1ccc(CO)s1. The lowest BCUT2D eigenvalue weighted by atomic mass is 10.2. The number of fused-ring (bicyclic) bond motifs is 1. The molecular weight excluding hydrogens is 312 g/mol. The second kappa shape index (κ2) is 6.31. The van der Waals surface area contributed by atoms with Gasteiger partial charge in [0.25, 0.3) is 0 Å². The second-order valence-corrected chi connectivity index (χ2v) is 8.64. The Morgan fingerprint density at radius 2 is 2.33 bits per heavy atom. The standard InChI is InChI=1S/C13H20N2O4S2/c16-8-12-3-4-13(20-12)21(17,18)14-6-11-7-15-5-1-2-10(15)9-19-11/h3-4,10-11,14,16H,1-2,5-9H2. The zero-order valence-electron chi connectivity index (χ0n) is 11.7. The Morgan fingerprint density at radius 1 is 1.48 bits per heavy atom. The van der Waals surface area contributed by atoms with E-state index in [0.29, 0.717) is 17.5 Å². The van der Waals surface area contributed by atoms with Gasteiger partial charge in [-0.25, -0.2) is 13.1 Å². The third-order valence-electron chi connectivity index (χ3n) is 4.02. The van der Waals surface area contributed by atoms with E-state index >= 15 is 0 Å². The Kier molecular flexibility index (Phi) is 4.63. The molecule has 1 aromatic rings. The monoisotopic (exact) mass is 332 g/mol. The summed E-state index contributed by atoms with van der Waals surface area (Å²) >= 11 is 1.09. The fourth-order valence-corrected chi connectivity index (χ4v) is 5.20. The molecule has 0 bridgehead atoms. The number of thiophene rings is 1. The molecule has 2 aliphatic heterocycles.